The molecule has 0 bridgehead atoms. The molecular weight excluding hydrogens is 368 g/mol. The van der Waals surface area contributed by atoms with Crippen LogP contribution in [0.5, 0.6) is 5.75 Å². The first-order valence-corrected chi connectivity index (χ1v) is 9.70. The van der Waals surface area contributed by atoms with E-state index in [1.807, 2.05) is 36.6 Å². The molecule has 144 valence electrons. The molecule has 27 heavy (non-hydrogen) atoms. The maximum absolute atomic E-state index is 12.5. The van der Waals surface area contributed by atoms with Crippen LogP contribution in [0, 0.1) is 0 Å². The molecule has 1 aliphatic heterocycles. The number of carbonyl (C=O) groups is 2. The summed E-state index contributed by atoms with van der Waals surface area (Å²) in [5.41, 5.74) is -0.0716. The fourth-order valence-electron chi connectivity index (χ4n) is 2.99. The van der Waals surface area contributed by atoms with E-state index in [4.69, 9.17) is 9.84 Å². The fraction of sp³-hybridized carbons (Fsp3) is 0.421. The smallest absolute Gasteiger partial charge is 0.335 e. The van der Waals surface area contributed by atoms with Gasteiger partial charge in [-0.05, 0) is 31.2 Å². The molecule has 1 saturated heterocycles. The standard InChI is InChI=1S/C19H22N2O5S/c1-2-26-15-5-3-13(4-6-15)17-20-14(12-27-17)11-16(22)21-9-7-19(25,8-10-21)18(23)24/h3-6,12,25H,2,7-11H2,1H3,(H,23,24). The highest BCUT2D eigenvalue weighted by atomic mass is 32.1. The van der Waals surface area contributed by atoms with Crippen LogP contribution in [-0.4, -0.2) is 57.3 Å². The lowest BCUT2D eigenvalue weighted by Gasteiger charge is -2.35. The molecule has 1 aromatic heterocycles. The number of aliphatic hydroxyl groups is 1. The quantitative estimate of drug-likeness (QED) is 0.784. The van der Waals surface area contributed by atoms with Gasteiger partial charge in [-0.2, -0.15) is 0 Å². The molecule has 8 heteroatoms. The summed E-state index contributed by atoms with van der Waals surface area (Å²) in [5, 5.41) is 21.7. The van der Waals surface area contributed by atoms with E-state index in [1.165, 1.54) is 11.3 Å². The van der Waals surface area contributed by atoms with Gasteiger partial charge in [-0.1, -0.05) is 0 Å². The molecule has 0 unspecified atom stereocenters. The highest BCUT2D eigenvalue weighted by molar-refractivity contribution is 7.13. The molecule has 0 radical (unpaired) electrons. The van der Waals surface area contributed by atoms with Gasteiger partial charge in [0.25, 0.3) is 0 Å². The van der Waals surface area contributed by atoms with Crippen LogP contribution in [0.15, 0.2) is 29.6 Å². The summed E-state index contributed by atoms with van der Waals surface area (Å²) in [6.45, 7) is 3.01. The van der Waals surface area contributed by atoms with Crippen molar-refractivity contribution in [2.24, 2.45) is 0 Å². The lowest BCUT2D eigenvalue weighted by Crippen LogP contribution is -2.51. The minimum absolute atomic E-state index is 0.0442. The fourth-order valence-corrected chi connectivity index (χ4v) is 3.81. The normalized spacial score (nSPS) is 16.1. The summed E-state index contributed by atoms with van der Waals surface area (Å²) in [4.78, 5) is 29.6. The van der Waals surface area contributed by atoms with Crippen molar-refractivity contribution in [3.63, 3.8) is 0 Å². The van der Waals surface area contributed by atoms with Crippen LogP contribution >= 0.6 is 11.3 Å². The van der Waals surface area contributed by atoms with Gasteiger partial charge in [0.15, 0.2) is 5.60 Å². The van der Waals surface area contributed by atoms with Gasteiger partial charge in [-0.3, -0.25) is 4.79 Å². The van der Waals surface area contributed by atoms with Gasteiger partial charge >= 0.3 is 5.97 Å². The molecule has 0 saturated carbocycles. The molecule has 7 nitrogen and oxygen atoms in total. The van der Waals surface area contributed by atoms with Crippen LogP contribution in [0.4, 0.5) is 0 Å². The molecule has 0 aliphatic carbocycles. The average Bonchev–Trinajstić information content (AvgIpc) is 3.11. The van der Waals surface area contributed by atoms with Crippen LogP contribution in [0.3, 0.4) is 0 Å². The number of carboxylic acid groups (broad SMARTS) is 1. The largest absolute Gasteiger partial charge is 0.494 e. The summed E-state index contributed by atoms with van der Waals surface area (Å²) < 4.78 is 5.43. The average molecular weight is 390 g/mol. The summed E-state index contributed by atoms with van der Waals surface area (Å²) >= 11 is 1.47. The van der Waals surface area contributed by atoms with Gasteiger partial charge in [0.05, 0.1) is 18.7 Å². The minimum Gasteiger partial charge on any atom is -0.494 e. The lowest BCUT2D eigenvalue weighted by atomic mass is 9.91. The second kappa shape index (κ2) is 8.06. The van der Waals surface area contributed by atoms with Gasteiger partial charge in [-0.15, -0.1) is 11.3 Å². The number of nitrogens with zero attached hydrogens (tertiary/aromatic N) is 2. The van der Waals surface area contributed by atoms with E-state index in [-0.39, 0.29) is 38.3 Å². The monoisotopic (exact) mass is 390 g/mol. The molecule has 1 amide bonds. The van der Waals surface area contributed by atoms with Crippen LogP contribution in [0.25, 0.3) is 10.6 Å². The summed E-state index contributed by atoms with van der Waals surface area (Å²) in [6, 6.07) is 7.66. The van der Waals surface area contributed by atoms with E-state index in [1.54, 1.807) is 4.90 Å². The number of likely N-dealkylation sites (tertiary alicyclic amines) is 1. The van der Waals surface area contributed by atoms with E-state index in [0.717, 1.165) is 16.3 Å². The van der Waals surface area contributed by atoms with E-state index >= 15 is 0 Å². The van der Waals surface area contributed by atoms with Gasteiger partial charge in [0, 0.05) is 36.9 Å². The van der Waals surface area contributed by atoms with Crippen LogP contribution in [0.2, 0.25) is 0 Å². The van der Waals surface area contributed by atoms with Crippen molar-refractivity contribution in [1.82, 2.24) is 9.88 Å². The molecule has 1 aliphatic rings. The maximum atomic E-state index is 12.5. The number of thiazole rings is 1. The number of aromatic nitrogens is 1. The topological polar surface area (TPSA) is 100.0 Å². The third kappa shape index (κ3) is 4.45. The third-order valence-electron chi connectivity index (χ3n) is 4.64. The number of carboxylic acids is 1. The molecule has 2 N–H and O–H groups in total. The number of hydrogen-bond donors (Lipinski definition) is 2. The first-order chi connectivity index (χ1) is 12.9. The number of aliphatic carboxylic acids is 1. The Bertz CT molecular complexity index is 810. The highest BCUT2D eigenvalue weighted by Crippen LogP contribution is 2.27. The number of rotatable bonds is 6. The van der Waals surface area contributed by atoms with Crippen molar-refractivity contribution in [1.29, 1.82) is 0 Å². The Morgan fingerprint density at radius 2 is 1.93 bits per heavy atom. The molecule has 2 aromatic rings. The van der Waals surface area contributed by atoms with Crippen molar-refractivity contribution >= 4 is 23.2 Å². The molecule has 0 spiro atoms. The zero-order chi connectivity index (χ0) is 19.4. The van der Waals surface area contributed by atoms with E-state index in [0.29, 0.717) is 12.3 Å². The summed E-state index contributed by atoms with van der Waals surface area (Å²) in [6.07, 6.45) is 0.254. The van der Waals surface area contributed by atoms with Gasteiger partial charge in [0.1, 0.15) is 10.8 Å². The molecule has 3 rings (SSSR count). The van der Waals surface area contributed by atoms with Gasteiger partial charge in [-0.25, -0.2) is 9.78 Å². The molecule has 0 atom stereocenters. The van der Waals surface area contributed by atoms with Gasteiger partial charge in [0.2, 0.25) is 5.91 Å². The van der Waals surface area contributed by atoms with Crippen molar-refractivity contribution in [3.05, 3.63) is 35.3 Å². The maximum Gasteiger partial charge on any atom is 0.335 e. The first-order valence-electron chi connectivity index (χ1n) is 8.82. The van der Waals surface area contributed by atoms with Crippen molar-refractivity contribution in [3.8, 4) is 16.3 Å². The van der Waals surface area contributed by atoms with E-state index in [9.17, 15) is 14.7 Å². The summed E-state index contributed by atoms with van der Waals surface area (Å²) in [7, 11) is 0. The Hall–Kier alpha value is -2.45. The summed E-state index contributed by atoms with van der Waals surface area (Å²) in [5.74, 6) is -0.528. The lowest BCUT2D eigenvalue weighted by molar-refractivity contribution is -0.165. The van der Waals surface area contributed by atoms with Crippen molar-refractivity contribution in [2.75, 3.05) is 19.7 Å². The zero-order valence-corrected chi connectivity index (χ0v) is 15.9. The van der Waals surface area contributed by atoms with E-state index < -0.39 is 11.6 Å². The number of hydrogen-bond acceptors (Lipinski definition) is 6. The Labute approximate surface area is 161 Å². The third-order valence-corrected chi connectivity index (χ3v) is 5.58. The zero-order valence-electron chi connectivity index (χ0n) is 15.1. The minimum atomic E-state index is -1.72. The predicted octanol–water partition coefficient (Wildman–Crippen LogP) is 2.19. The molecule has 1 fully saturated rings. The molecule has 2 heterocycles. The number of carbonyl (C=O) groups excluding carboxylic acids is 1. The second-order valence-corrected chi connectivity index (χ2v) is 7.35. The predicted molar refractivity (Wildman–Crippen MR) is 101 cm³/mol. The Morgan fingerprint density at radius 3 is 2.52 bits per heavy atom. The Kier molecular flexibility index (Phi) is 5.76. The first kappa shape index (κ1) is 19.3. The number of ether oxygens (including phenoxy) is 1. The molecular formula is C19H22N2O5S. The van der Waals surface area contributed by atoms with Crippen molar-refractivity contribution < 1.29 is 24.5 Å². The number of amides is 1. The van der Waals surface area contributed by atoms with Crippen LogP contribution in [0.1, 0.15) is 25.5 Å². The Balaban J connectivity index is 1.59. The van der Waals surface area contributed by atoms with Crippen molar-refractivity contribution in [2.45, 2.75) is 31.8 Å². The van der Waals surface area contributed by atoms with E-state index in [2.05, 4.69) is 4.98 Å². The van der Waals surface area contributed by atoms with Crippen LogP contribution < -0.4 is 4.74 Å². The van der Waals surface area contributed by atoms with Gasteiger partial charge < -0.3 is 19.8 Å². The second-order valence-electron chi connectivity index (χ2n) is 6.50. The number of benzene rings is 1. The van der Waals surface area contributed by atoms with Crippen LogP contribution in [-0.2, 0) is 16.0 Å². The SMILES string of the molecule is CCOc1ccc(-c2nc(CC(=O)N3CCC(O)(C(=O)O)CC3)cs2)cc1. The molecule has 1 aromatic carbocycles. The Morgan fingerprint density at radius 1 is 1.26 bits per heavy atom. The number of piperidine rings is 1. The highest BCUT2D eigenvalue weighted by Gasteiger charge is 2.40.